The maximum atomic E-state index is 13.3. The van der Waals surface area contributed by atoms with Crippen LogP contribution in [0.3, 0.4) is 0 Å². The van der Waals surface area contributed by atoms with Gasteiger partial charge in [0.1, 0.15) is 11.9 Å². The Kier molecular flexibility index (Phi) is 2.77. The van der Waals surface area contributed by atoms with Crippen molar-refractivity contribution >= 4 is 17.5 Å². The number of nitrogens with one attached hydrogen (secondary N) is 1. The Bertz CT molecular complexity index is 534. The highest BCUT2D eigenvalue weighted by Crippen LogP contribution is 2.32. The van der Waals surface area contributed by atoms with Crippen LogP contribution in [-0.4, -0.2) is 28.8 Å². The molecule has 1 atom stereocenters. The first-order chi connectivity index (χ1) is 9.04. The van der Waals surface area contributed by atoms with Gasteiger partial charge in [0.25, 0.3) is 5.91 Å². The first-order valence-electron chi connectivity index (χ1n) is 6.44. The second-order valence-corrected chi connectivity index (χ2v) is 5.25. The molecule has 100 valence electrons. The summed E-state index contributed by atoms with van der Waals surface area (Å²) in [5, 5.41) is 2.96. The number of carbonyl (C=O) groups is 2. The van der Waals surface area contributed by atoms with E-state index in [4.69, 9.17) is 0 Å². The number of anilines is 1. The van der Waals surface area contributed by atoms with Crippen LogP contribution < -0.4 is 5.32 Å². The molecule has 0 bridgehead atoms. The molecular formula is C14H15FN2O2. The molecule has 0 radical (unpaired) electrons. The molecular weight excluding hydrogens is 247 g/mol. The van der Waals surface area contributed by atoms with Gasteiger partial charge in [-0.2, -0.15) is 0 Å². The van der Waals surface area contributed by atoms with Crippen molar-refractivity contribution in [3.8, 4) is 0 Å². The number of halogens is 1. The fourth-order valence-electron chi connectivity index (χ4n) is 2.50. The lowest BCUT2D eigenvalue weighted by atomic mass is 10.2. The molecule has 0 spiro atoms. The number of imide groups is 1. The number of rotatable bonds is 3. The maximum absolute atomic E-state index is 13.3. The van der Waals surface area contributed by atoms with E-state index in [0.717, 1.165) is 18.4 Å². The van der Waals surface area contributed by atoms with Crippen LogP contribution in [0.5, 0.6) is 0 Å². The largest absolute Gasteiger partial charge is 0.373 e. The van der Waals surface area contributed by atoms with E-state index in [-0.39, 0.29) is 30.1 Å². The zero-order chi connectivity index (χ0) is 13.6. The lowest BCUT2D eigenvalue weighted by molar-refractivity contribution is -0.139. The molecule has 4 nitrogen and oxygen atoms in total. The minimum Gasteiger partial charge on any atom is -0.373 e. The smallest absolute Gasteiger partial charge is 0.252 e. The summed E-state index contributed by atoms with van der Waals surface area (Å²) in [6, 6.07) is 4.06. The molecule has 1 saturated carbocycles. The second-order valence-electron chi connectivity index (χ2n) is 5.25. The molecule has 0 aromatic heterocycles. The standard InChI is InChI=1S/C14H15FN2O2/c1-8-4-9(15)6-10(5-8)16-12-7-13(18)17(14(12)19)11-2-3-11/h4-6,11-12,16H,2-3,7H2,1H3. The van der Waals surface area contributed by atoms with Crippen LogP contribution in [-0.2, 0) is 9.59 Å². The molecule has 1 unspecified atom stereocenters. The SMILES string of the molecule is Cc1cc(F)cc(NC2CC(=O)N(C3CC3)C2=O)c1. The highest BCUT2D eigenvalue weighted by molar-refractivity contribution is 6.07. The van der Waals surface area contributed by atoms with Crippen molar-refractivity contribution in [1.29, 1.82) is 0 Å². The predicted octanol–water partition coefficient (Wildman–Crippen LogP) is 1.84. The monoisotopic (exact) mass is 262 g/mol. The van der Waals surface area contributed by atoms with Crippen molar-refractivity contribution in [2.75, 3.05) is 5.32 Å². The van der Waals surface area contributed by atoms with Gasteiger partial charge in [0, 0.05) is 11.7 Å². The molecule has 1 heterocycles. The summed E-state index contributed by atoms with van der Waals surface area (Å²) in [6.45, 7) is 1.78. The fraction of sp³-hybridized carbons (Fsp3) is 0.429. The number of likely N-dealkylation sites (tertiary alicyclic amines) is 1. The van der Waals surface area contributed by atoms with Crippen molar-refractivity contribution in [1.82, 2.24) is 4.90 Å². The third-order valence-corrected chi connectivity index (χ3v) is 3.48. The van der Waals surface area contributed by atoms with E-state index >= 15 is 0 Å². The molecule has 1 aromatic carbocycles. The Morgan fingerprint density at radius 1 is 1.26 bits per heavy atom. The average molecular weight is 262 g/mol. The Labute approximate surface area is 110 Å². The molecule has 5 heteroatoms. The number of hydrogen-bond donors (Lipinski definition) is 1. The minimum absolute atomic E-state index is 0.0982. The van der Waals surface area contributed by atoms with E-state index in [1.165, 1.54) is 17.0 Å². The van der Waals surface area contributed by atoms with Crippen molar-refractivity contribution in [3.63, 3.8) is 0 Å². The Balaban J connectivity index is 1.76. The summed E-state index contributed by atoms with van der Waals surface area (Å²) in [7, 11) is 0. The maximum Gasteiger partial charge on any atom is 0.252 e. The Morgan fingerprint density at radius 3 is 2.63 bits per heavy atom. The van der Waals surface area contributed by atoms with E-state index in [1.807, 2.05) is 0 Å². The van der Waals surface area contributed by atoms with Crippen LogP contribution in [0.2, 0.25) is 0 Å². The van der Waals surface area contributed by atoms with Crippen molar-refractivity contribution in [2.45, 2.75) is 38.3 Å². The topological polar surface area (TPSA) is 49.4 Å². The van der Waals surface area contributed by atoms with Gasteiger partial charge in [-0.1, -0.05) is 0 Å². The van der Waals surface area contributed by atoms with Gasteiger partial charge < -0.3 is 5.32 Å². The molecule has 2 aliphatic rings. The van der Waals surface area contributed by atoms with Gasteiger partial charge in [-0.3, -0.25) is 14.5 Å². The first kappa shape index (κ1) is 12.1. The van der Waals surface area contributed by atoms with Crippen LogP contribution >= 0.6 is 0 Å². The van der Waals surface area contributed by atoms with Crippen LogP contribution in [0.15, 0.2) is 18.2 Å². The number of aryl methyl sites for hydroxylation is 1. The Hall–Kier alpha value is -1.91. The molecule has 1 aromatic rings. The molecule has 3 rings (SSSR count). The van der Waals surface area contributed by atoms with Crippen LogP contribution in [0.25, 0.3) is 0 Å². The third kappa shape index (κ3) is 2.32. The molecule has 1 aliphatic heterocycles. The number of carbonyl (C=O) groups excluding carboxylic acids is 2. The molecule has 2 fully saturated rings. The van der Waals surface area contributed by atoms with Gasteiger partial charge in [0.15, 0.2) is 0 Å². The number of benzene rings is 1. The quantitative estimate of drug-likeness (QED) is 0.845. The first-order valence-corrected chi connectivity index (χ1v) is 6.44. The zero-order valence-corrected chi connectivity index (χ0v) is 10.6. The van der Waals surface area contributed by atoms with Crippen LogP contribution in [0.1, 0.15) is 24.8 Å². The van der Waals surface area contributed by atoms with E-state index < -0.39 is 6.04 Å². The van der Waals surface area contributed by atoms with Crippen LogP contribution in [0.4, 0.5) is 10.1 Å². The molecule has 2 amide bonds. The molecule has 1 saturated heterocycles. The summed E-state index contributed by atoms with van der Waals surface area (Å²) in [5.74, 6) is -0.661. The normalized spacial score (nSPS) is 23.1. The highest BCUT2D eigenvalue weighted by atomic mass is 19.1. The van der Waals surface area contributed by atoms with Gasteiger partial charge in [0.2, 0.25) is 5.91 Å². The summed E-state index contributed by atoms with van der Waals surface area (Å²) in [5.41, 5.74) is 1.32. The van der Waals surface area contributed by atoms with E-state index in [2.05, 4.69) is 5.32 Å². The van der Waals surface area contributed by atoms with E-state index in [0.29, 0.717) is 5.69 Å². The van der Waals surface area contributed by atoms with Gasteiger partial charge in [-0.05, 0) is 43.5 Å². The van der Waals surface area contributed by atoms with Gasteiger partial charge >= 0.3 is 0 Å². The summed E-state index contributed by atoms with van der Waals surface area (Å²) < 4.78 is 13.3. The summed E-state index contributed by atoms with van der Waals surface area (Å²) in [6.07, 6.45) is 1.97. The minimum atomic E-state index is -0.561. The molecule has 1 N–H and O–H groups in total. The lowest BCUT2D eigenvalue weighted by Gasteiger charge is -2.15. The average Bonchev–Trinajstić information content (AvgIpc) is 3.07. The number of nitrogens with zero attached hydrogens (tertiary/aromatic N) is 1. The second kappa shape index (κ2) is 4.33. The van der Waals surface area contributed by atoms with Crippen molar-refractivity contribution < 1.29 is 14.0 Å². The van der Waals surface area contributed by atoms with Crippen LogP contribution in [0, 0.1) is 12.7 Å². The van der Waals surface area contributed by atoms with Gasteiger partial charge in [0.05, 0.1) is 6.42 Å². The van der Waals surface area contributed by atoms with E-state index in [9.17, 15) is 14.0 Å². The lowest BCUT2D eigenvalue weighted by Crippen LogP contribution is -2.36. The number of amides is 2. The van der Waals surface area contributed by atoms with Gasteiger partial charge in [-0.15, -0.1) is 0 Å². The highest BCUT2D eigenvalue weighted by Gasteiger charge is 2.46. The fourth-order valence-corrected chi connectivity index (χ4v) is 2.50. The third-order valence-electron chi connectivity index (χ3n) is 3.48. The zero-order valence-electron chi connectivity index (χ0n) is 10.6. The van der Waals surface area contributed by atoms with E-state index in [1.54, 1.807) is 13.0 Å². The van der Waals surface area contributed by atoms with Crippen molar-refractivity contribution in [3.05, 3.63) is 29.6 Å². The van der Waals surface area contributed by atoms with Gasteiger partial charge in [-0.25, -0.2) is 4.39 Å². The predicted molar refractivity (Wildman–Crippen MR) is 68.0 cm³/mol. The molecule has 1 aliphatic carbocycles. The molecule has 19 heavy (non-hydrogen) atoms. The van der Waals surface area contributed by atoms with Crippen molar-refractivity contribution in [2.24, 2.45) is 0 Å². The summed E-state index contributed by atoms with van der Waals surface area (Å²) in [4.78, 5) is 25.3. The summed E-state index contributed by atoms with van der Waals surface area (Å²) >= 11 is 0. The Morgan fingerprint density at radius 2 is 2.00 bits per heavy atom. The number of hydrogen-bond acceptors (Lipinski definition) is 3.